The summed E-state index contributed by atoms with van der Waals surface area (Å²) in [6.45, 7) is 0. The fourth-order valence-electron chi connectivity index (χ4n) is 1.38. The Morgan fingerprint density at radius 2 is 2.00 bits per heavy atom. The van der Waals surface area contributed by atoms with Crippen LogP contribution in [-0.2, 0) is 0 Å². The molecular weight excluding hydrogens is 210 g/mol. The van der Waals surface area contributed by atoms with E-state index in [2.05, 4.69) is 4.98 Å². The Labute approximate surface area is 91.5 Å². The molecule has 0 bridgehead atoms. The van der Waals surface area contributed by atoms with Gasteiger partial charge < -0.3 is 16.2 Å². The SMILES string of the molecule is COc1ccccc1-c1nc(N)sc1N. The van der Waals surface area contributed by atoms with Crippen molar-refractivity contribution in [3.63, 3.8) is 0 Å². The highest BCUT2D eigenvalue weighted by molar-refractivity contribution is 7.19. The van der Waals surface area contributed by atoms with Crippen molar-refractivity contribution in [2.45, 2.75) is 0 Å². The van der Waals surface area contributed by atoms with Crippen LogP contribution in [-0.4, -0.2) is 12.1 Å². The zero-order valence-electron chi connectivity index (χ0n) is 8.23. The van der Waals surface area contributed by atoms with Crippen LogP contribution in [0.5, 0.6) is 5.75 Å². The lowest BCUT2D eigenvalue weighted by Crippen LogP contribution is -1.91. The molecule has 4 nitrogen and oxygen atoms in total. The second-order valence-electron chi connectivity index (χ2n) is 2.97. The van der Waals surface area contributed by atoms with Crippen LogP contribution in [0.2, 0.25) is 0 Å². The molecule has 0 aliphatic heterocycles. The highest BCUT2D eigenvalue weighted by Crippen LogP contribution is 2.36. The average molecular weight is 221 g/mol. The fourth-order valence-corrected chi connectivity index (χ4v) is 2.00. The molecule has 2 rings (SSSR count). The van der Waals surface area contributed by atoms with E-state index in [1.165, 1.54) is 11.3 Å². The van der Waals surface area contributed by atoms with Gasteiger partial charge in [0.05, 0.1) is 7.11 Å². The molecule has 0 unspecified atom stereocenters. The van der Waals surface area contributed by atoms with Crippen LogP contribution < -0.4 is 16.2 Å². The van der Waals surface area contributed by atoms with E-state index in [0.717, 1.165) is 11.3 Å². The first-order valence-electron chi connectivity index (χ1n) is 4.37. The van der Waals surface area contributed by atoms with Crippen LogP contribution in [0.3, 0.4) is 0 Å². The summed E-state index contributed by atoms with van der Waals surface area (Å²) < 4.78 is 5.23. The zero-order chi connectivity index (χ0) is 10.8. The second-order valence-corrected chi connectivity index (χ2v) is 4.03. The Kier molecular flexibility index (Phi) is 2.47. The number of methoxy groups -OCH3 is 1. The van der Waals surface area contributed by atoms with Crippen LogP contribution in [0.15, 0.2) is 24.3 Å². The molecule has 0 fully saturated rings. The topological polar surface area (TPSA) is 74.2 Å². The number of nitrogen functional groups attached to an aromatic ring is 2. The van der Waals surface area contributed by atoms with E-state index in [0.29, 0.717) is 15.8 Å². The van der Waals surface area contributed by atoms with Crippen LogP contribution in [0.25, 0.3) is 11.3 Å². The van der Waals surface area contributed by atoms with Gasteiger partial charge in [0.25, 0.3) is 0 Å². The molecule has 0 saturated carbocycles. The van der Waals surface area contributed by atoms with Crippen molar-refractivity contribution < 1.29 is 4.74 Å². The maximum atomic E-state index is 5.82. The van der Waals surface area contributed by atoms with Crippen molar-refractivity contribution >= 4 is 21.5 Å². The molecule has 0 radical (unpaired) electrons. The van der Waals surface area contributed by atoms with E-state index in [1.54, 1.807) is 7.11 Å². The van der Waals surface area contributed by atoms with E-state index >= 15 is 0 Å². The molecule has 5 heteroatoms. The molecule has 1 heterocycles. The Morgan fingerprint density at radius 3 is 2.60 bits per heavy atom. The molecule has 2 aromatic rings. The molecule has 0 aliphatic rings. The van der Waals surface area contributed by atoms with Crippen molar-refractivity contribution in [1.82, 2.24) is 4.98 Å². The number of para-hydroxylation sites is 1. The van der Waals surface area contributed by atoms with Crippen LogP contribution in [0, 0.1) is 0 Å². The number of aromatic nitrogens is 1. The molecule has 4 N–H and O–H groups in total. The minimum atomic E-state index is 0.466. The van der Waals surface area contributed by atoms with Crippen LogP contribution in [0.4, 0.5) is 10.1 Å². The smallest absolute Gasteiger partial charge is 0.182 e. The molecule has 0 saturated heterocycles. The summed E-state index contributed by atoms with van der Waals surface area (Å²) in [5.41, 5.74) is 13.0. The van der Waals surface area contributed by atoms with Gasteiger partial charge in [0.15, 0.2) is 5.13 Å². The van der Waals surface area contributed by atoms with Crippen molar-refractivity contribution in [2.24, 2.45) is 0 Å². The standard InChI is InChI=1S/C10H11N3OS/c1-14-7-5-3-2-4-6(7)8-9(11)15-10(12)13-8/h2-5H,11H2,1H3,(H2,12,13). The lowest BCUT2D eigenvalue weighted by molar-refractivity contribution is 0.416. The van der Waals surface area contributed by atoms with Crippen molar-refractivity contribution in [2.75, 3.05) is 18.6 Å². The third kappa shape index (κ3) is 1.73. The summed E-state index contributed by atoms with van der Waals surface area (Å²) >= 11 is 1.27. The van der Waals surface area contributed by atoms with Crippen LogP contribution >= 0.6 is 11.3 Å². The Morgan fingerprint density at radius 1 is 1.27 bits per heavy atom. The van der Waals surface area contributed by atoms with E-state index in [9.17, 15) is 0 Å². The number of nitrogens with two attached hydrogens (primary N) is 2. The summed E-state index contributed by atoms with van der Waals surface area (Å²) in [6.07, 6.45) is 0. The number of rotatable bonds is 2. The lowest BCUT2D eigenvalue weighted by Gasteiger charge is -2.05. The maximum Gasteiger partial charge on any atom is 0.182 e. The molecule has 1 aromatic heterocycles. The Balaban J connectivity index is 2.58. The molecule has 0 atom stereocenters. The van der Waals surface area contributed by atoms with Gasteiger partial charge in [-0.1, -0.05) is 23.5 Å². The predicted octanol–water partition coefficient (Wildman–Crippen LogP) is 1.98. The van der Waals surface area contributed by atoms with Gasteiger partial charge >= 0.3 is 0 Å². The van der Waals surface area contributed by atoms with Gasteiger partial charge in [-0.2, -0.15) is 0 Å². The van der Waals surface area contributed by atoms with Crippen molar-refractivity contribution in [3.05, 3.63) is 24.3 Å². The first-order chi connectivity index (χ1) is 7.22. The molecule has 78 valence electrons. The highest BCUT2D eigenvalue weighted by atomic mass is 32.1. The number of benzene rings is 1. The maximum absolute atomic E-state index is 5.82. The first-order valence-corrected chi connectivity index (χ1v) is 5.19. The Hall–Kier alpha value is -1.75. The van der Waals surface area contributed by atoms with Crippen LogP contribution in [0.1, 0.15) is 0 Å². The van der Waals surface area contributed by atoms with Gasteiger partial charge in [0, 0.05) is 5.56 Å². The van der Waals surface area contributed by atoms with E-state index in [4.69, 9.17) is 16.2 Å². The number of hydrogen-bond acceptors (Lipinski definition) is 5. The summed E-state index contributed by atoms with van der Waals surface area (Å²) in [5, 5.41) is 1.07. The Bertz CT molecular complexity index is 481. The normalized spacial score (nSPS) is 10.2. The fraction of sp³-hybridized carbons (Fsp3) is 0.100. The average Bonchev–Trinajstić information content (AvgIpc) is 2.57. The first kappa shape index (κ1) is 9.79. The number of anilines is 2. The zero-order valence-corrected chi connectivity index (χ0v) is 9.04. The summed E-state index contributed by atoms with van der Waals surface area (Å²) in [5.74, 6) is 0.745. The van der Waals surface area contributed by atoms with Crippen molar-refractivity contribution in [3.8, 4) is 17.0 Å². The third-order valence-corrected chi connectivity index (χ3v) is 2.75. The monoisotopic (exact) mass is 221 g/mol. The van der Waals surface area contributed by atoms with Gasteiger partial charge in [-0.05, 0) is 12.1 Å². The summed E-state index contributed by atoms with van der Waals surface area (Å²) in [6, 6.07) is 7.58. The van der Waals surface area contributed by atoms with Gasteiger partial charge in [0.1, 0.15) is 16.4 Å². The van der Waals surface area contributed by atoms with Gasteiger partial charge in [-0.3, -0.25) is 0 Å². The minimum Gasteiger partial charge on any atom is -0.496 e. The van der Waals surface area contributed by atoms with Gasteiger partial charge in [-0.15, -0.1) is 0 Å². The van der Waals surface area contributed by atoms with Crippen molar-refractivity contribution in [1.29, 1.82) is 0 Å². The lowest BCUT2D eigenvalue weighted by atomic mass is 10.1. The van der Waals surface area contributed by atoms with E-state index < -0.39 is 0 Å². The molecular formula is C10H11N3OS. The second kappa shape index (κ2) is 3.78. The van der Waals surface area contributed by atoms with Gasteiger partial charge in [-0.25, -0.2) is 4.98 Å². The van der Waals surface area contributed by atoms with E-state index in [-0.39, 0.29) is 0 Å². The number of thiazole rings is 1. The number of ether oxygens (including phenoxy) is 1. The number of nitrogens with zero attached hydrogens (tertiary/aromatic N) is 1. The third-order valence-electron chi connectivity index (χ3n) is 2.03. The summed E-state index contributed by atoms with van der Waals surface area (Å²) in [7, 11) is 1.62. The van der Waals surface area contributed by atoms with Gasteiger partial charge in [0.2, 0.25) is 0 Å². The molecule has 1 aromatic carbocycles. The predicted molar refractivity (Wildman–Crippen MR) is 62.9 cm³/mol. The molecule has 0 amide bonds. The minimum absolute atomic E-state index is 0.466. The molecule has 15 heavy (non-hydrogen) atoms. The van der Waals surface area contributed by atoms with E-state index in [1.807, 2.05) is 24.3 Å². The number of hydrogen-bond donors (Lipinski definition) is 2. The quantitative estimate of drug-likeness (QED) is 0.813. The molecule has 0 spiro atoms. The largest absolute Gasteiger partial charge is 0.496 e. The highest BCUT2D eigenvalue weighted by Gasteiger charge is 2.12. The summed E-state index contributed by atoms with van der Waals surface area (Å²) in [4.78, 5) is 4.18. The molecule has 0 aliphatic carbocycles.